The fourth-order valence-electron chi connectivity index (χ4n) is 0. The predicted octanol–water partition coefficient (Wildman–Crippen LogP) is -2.20. The zero-order valence-corrected chi connectivity index (χ0v) is 5.00. The summed E-state index contributed by atoms with van der Waals surface area (Å²) >= 11 is 0. The molecular weight excluding hydrogens is 71.0 g/mol. The molecule has 0 rings (SSSR count). The molecule has 0 bridgehead atoms. The van der Waals surface area contributed by atoms with E-state index >= 15 is 0 Å². The van der Waals surface area contributed by atoms with Crippen LogP contribution in [0.4, 0.5) is 0 Å². The van der Waals surface area contributed by atoms with E-state index in [1.165, 1.54) is 5.92 Å². The molecule has 0 spiro atoms. The van der Waals surface area contributed by atoms with Crippen molar-refractivity contribution in [3.8, 4) is 0 Å². The maximum atomic E-state index is 2.08. The third-order valence-corrected chi connectivity index (χ3v) is 0. The average Bonchev–Trinajstić information content (AvgIpc) is 0.811. The molecule has 0 aliphatic rings. The Hall–Kier alpha value is 0.557. The first-order valence-corrected chi connectivity index (χ1v) is 1.50. The molecule has 0 heterocycles. The van der Waals surface area contributed by atoms with Crippen LogP contribution in [-0.2, 0) is 0 Å². The minimum Gasteiger partial charge on any atom is -0.412 e. The smallest absolute Gasteiger partial charge is 0.412 e. The molecule has 0 aromatic carbocycles. The molecule has 0 aromatic rings. The summed E-state index contributed by atoms with van der Waals surface area (Å²) in [6, 6.07) is 0. The second-order valence-electron chi connectivity index (χ2n) is 1.50. The maximum Gasteiger partial charge on any atom is 1.00 e. The second-order valence-corrected chi connectivity index (χ2v) is 1.50. The second kappa shape index (κ2) is 9.12. The minimum atomic E-state index is 0. The Balaban J connectivity index is -0.0000000450. The van der Waals surface area contributed by atoms with Crippen molar-refractivity contribution in [1.29, 1.82) is 0 Å². The standard InChI is InChI=1S/C4H9.Li.H2O/c1-4(2)3;;/h1-3H3;;1H2/q-1;+1;. The number of hydrogen-bond donors (Lipinski definition) is 0. The molecule has 2 N–H and O–H groups in total. The minimum absolute atomic E-state index is 0. The first kappa shape index (κ1) is 16.0. The maximum absolute atomic E-state index is 2.08. The first-order valence-electron chi connectivity index (χ1n) is 1.50. The van der Waals surface area contributed by atoms with Gasteiger partial charge < -0.3 is 11.4 Å². The Labute approximate surface area is 51.6 Å². The molecule has 0 aromatic heterocycles. The number of hydrogen-bond acceptors (Lipinski definition) is 0. The molecule has 1 nitrogen and oxygen atoms in total. The van der Waals surface area contributed by atoms with E-state index in [1.54, 1.807) is 0 Å². The van der Waals surface area contributed by atoms with E-state index in [2.05, 4.69) is 20.8 Å². The van der Waals surface area contributed by atoms with Crippen molar-refractivity contribution in [1.82, 2.24) is 0 Å². The van der Waals surface area contributed by atoms with Crippen LogP contribution in [-0.4, -0.2) is 5.48 Å². The van der Waals surface area contributed by atoms with Crippen LogP contribution in [0.1, 0.15) is 20.8 Å². The van der Waals surface area contributed by atoms with Gasteiger partial charge in [-0.1, -0.05) is 0 Å². The van der Waals surface area contributed by atoms with Crippen LogP contribution in [0.15, 0.2) is 0 Å². The van der Waals surface area contributed by atoms with Crippen molar-refractivity contribution in [3.05, 3.63) is 5.92 Å². The van der Waals surface area contributed by atoms with Gasteiger partial charge in [-0.15, -0.1) is 0 Å². The quantitative estimate of drug-likeness (QED) is 0.234. The predicted molar refractivity (Wildman–Crippen MR) is 23.9 cm³/mol. The summed E-state index contributed by atoms with van der Waals surface area (Å²) in [6.45, 7) is 6.25. The third-order valence-electron chi connectivity index (χ3n) is 0. The van der Waals surface area contributed by atoms with Crippen molar-refractivity contribution in [2.45, 2.75) is 20.8 Å². The largest absolute Gasteiger partial charge is 1.00 e. The molecule has 0 saturated carbocycles. The normalized spacial score (nSPS) is 6.00. The van der Waals surface area contributed by atoms with E-state index in [0.29, 0.717) is 0 Å². The van der Waals surface area contributed by atoms with Crippen LogP contribution in [0.25, 0.3) is 0 Å². The molecule has 0 fully saturated rings. The van der Waals surface area contributed by atoms with Crippen LogP contribution in [0.2, 0.25) is 0 Å². The van der Waals surface area contributed by atoms with Gasteiger partial charge in [0.1, 0.15) is 0 Å². The Morgan fingerprint density at radius 1 is 1.00 bits per heavy atom. The Kier molecular flexibility index (Phi) is 24.3. The third kappa shape index (κ3) is 186. The van der Waals surface area contributed by atoms with Gasteiger partial charge in [0.25, 0.3) is 0 Å². The summed E-state index contributed by atoms with van der Waals surface area (Å²) < 4.78 is 0. The van der Waals surface area contributed by atoms with Gasteiger partial charge in [0, 0.05) is 0 Å². The van der Waals surface area contributed by atoms with Gasteiger partial charge in [-0.3, -0.25) is 0 Å². The molecule has 0 radical (unpaired) electrons. The summed E-state index contributed by atoms with van der Waals surface area (Å²) in [6.07, 6.45) is 0. The fourth-order valence-corrected chi connectivity index (χ4v) is 0. The first-order chi connectivity index (χ1) is 1.73. The van der Waals surface area contributed by atoms with Crippen LogP contribution < -0.4 is 18.9 Å². The Morgan fingerprint density at radius 3 is 1.00 bits per heavy atom. The fraction of sp³-hybridized carbons (Fsp3) is 0.750. The van der Waals surface area contributed by atoms with Crippen LogP contribution >= 0.6 is 0 Å². The SMILES string of the molecule is C[C-](C)C.O.[Li+]. The Morgan fingerprint density at radius 2 is 1.00 bits per heavy atom. The van der Waals surface area contributed by atoms with Crippen LogP contribution in [0.5, 0.6) is 0 Å². The van der Waals surface area contributed by atoms with Crippen molar-refractivity contribution >= 4 is 0 Å². The van der Waals surface area contributed by atoms with Crippen molar-refractivity contribution < 1.29 is 24.3 Å². The molecule has 2 heteroatoms. The summed E-state index contributed by atoms with van der Waals surface area (Å²) in [5, 5.41) is 0. The molecule has 0 amide bonds. The average molecular weight is 82.1 g/mol. The van der Waals surface area contributed by atoms with Crippen molar-refractivity contribution in [3.63, 3.8) is 0 Å². The molecule has 34 valence electrons. The van der Waals surface area contributed by atoms with Gasteiger partial charge in [-0.2, -0.15) is 20.8 Å². The molecule has 0 saturated heterocycles. The van der Waals surface area contributed by atoms with Gasteiger partial charge in [0.05, 0.1) is 0 Å². The molecule has 0 atom stereocenters. The van der Waals surface area contributed by atoms with Gasteiger partial charge in [-0.05, 0) is 0 Å². The summed E-state index contributed by atoms with van der Waals surface area (Å²) in [5.41, 5.74) is 0. The summed E-state index contributed by atoms with van der Waals surface area (Å²) in [4.78, 5) is 0. The molecule has 0 unspecified atom stereocenters. The molecule has 0 aliphatic heterocycles. The van der Waals surface area contributed by atoms with Crippen molar-refractivity contribution in [2.24, 2.45) is 0 Å². The van der Waals surface area contributed by atoms with E-state index in [4.69, 9.17) is 0 Å². The van der Waals surface area contributed by atoms with Gasteiger partial charge >= 0.3 is 18.9 Å². The van der Waals surface area contributed by atoms with E-state index in [-0.39, 0.29) is 24.3 Å². The molecule has 6 heavy (non-hydrogen) atoms. The van der Waals surface area contributed by atoms with Crippen LogP contribution in [0.3, 0.4) is 0 Å². The van der Waals surface area contributed by atoms with Crippen LogP contribution in [0, 0.1) is 5.92 Å². The van der Waals surface area contributed by atoms with E-state index in [9.17, 15) is 0 Å². The van der Waals surface area contributed by atoms with Crippen molar-refractivity contribution in [2.75, 3.05) is 0 Å². The Bertz CT molecular complexity index is 12.3. The van der Waals surface area contributed by atoms with Gasteiger partial charge in [-0.25, -0.2) is 0 Å². The number of rotatable bonds is 0. The van der Waals surface area contributed by atoms with E-state index < -0.39 is 0 Å². The van der Waals surface area contributed by atoms with E-state index in [0.717, 1.165) is 0 Å². The molecule has 0 aliphatic carbocycles. The summed E-state index contributed by atoms with van der Waals surface area (Å²) in [7, 11) is 0. The van der Waals surface area contributed by atoms with E-state index in [1.807, 2.05) is 0 Å². The zero-order valence-electron chi connectivity index (χ0n) is 5.00. The van der Waals surface area contributed by atoms with Gasteiger partial charge in [0.2, 0.25) is 0 Å². The molecular formula is C4H11LiO. The monoisotopic (exact) mass is 82.1 g/mol. The van der Waals surface area contributed by atoms with Gasteiger partial charge in [0.15, 0.2) is 0 Å². The summed E-state index contributed by atoms with van der Waals surface area (Å²) in [5.74, 6) is 1.42. The topological polar surface area (TPSA) is 31.5 Å². The zero-order chi connectivity index (χ0) is 3.58.